The van der Waals surface area contributed by atoms with Crippen LogP contribution in [0.25, 0.3) is 83.8 Å². The molecule has 5 nitrogen and oxygen atoms in total. The quantitative estimate of drug-likeness (QED) is 0.178. The molecule has 0 aliphatic carbocycles. The average molecular weight is 716 g/mol. The Balaban J connectivity index is 0.991. The zero-order valence-electron chi connectivity index (χ0n) is 30.3. The third-order valence-electron chi connectivity index (χ3n) is 10.8. The molecule has 0 N–H and O–H groups in total. The van der Waals surface area contributed by atoms with Crippen molar-refractivity contribution in [1.29, 1.82) is 0 Å². The summed E-state index contributed by atoms with van der Waals surface area (Å²) in [6, 6.07) is 70.7. The topological polar surface area (TPSA) is 46.8 Å². The van der Waals surface area contributed by atoms with E-state index in [0.717, 1.165) is 45.0 Å². The second-order valence-electron chi connectivity index (χ2n) is 14.1. The second kappa shape index (κ2) is 13.0. The van der Waals surface area contributed by atoms with E-state index < -0.39 is 0 Å². The van der Waals surface area contributed by atoms with Crippen LogP contribution in [0.2, 0.25) is 0 Å². The van der Waals surface area contributed by atoms with Crippen molar-refractivity contribution in [3.63, 3.8) is 0 Å². The monoisotopic (exact) mass is 715 g/mol. The van der Waals surface area contributed by atoms with Crippen LogP contribution < -0.4 is 4.90 Å². The van der Waals surface area contributed by atoms with Gasteiger partial charge in [0.05, 0.1) is 16.9 Å². The maximum atomic E-state index is 4.93. The van der Waals surface area contributed by atoms with Crippen LogP contribution in [0.3, 0.4) is 0 Å². The van der Waals surface area contributed by atoms with Gasteiger partial charge in [0.1, 0.15) is 5.82 Å². The molecule has 0 bridgehead atoms. The molecule has 5 heteroatoms. The number of nitrogens with zero attached hydrogens (tertiary/aromatic N) is 5. The van der Waals surface area contributed by atoms with E-state index in [0.29, 0.717) is 17.5 Å². The normalized spacial score (nSPS) is 11.9. The molecular formula is C51H33N5. The first kappa shape index (κ1) is 31.9. The van der Waals surface area contributed by atoms with Crippen LogP contribution in [-0.2, 0) is 0 Å². The molecule has 56 heavy (non-hydrogen) atoms. The number of anilines is 3. The largest absolute Gasteiger partial charge is 0.295 e. The first-order valence-electron chi connectivity index (χ1n) is 18.9. The fourth-order valence-electron chi connectivity index (χ4n) is 8.04. The van der Waals surface area contributed by atoms with Crippen LogP contribution >= 0.6 is 0 Å². The van der Waals surface area contributed by atoms with Gasteiger partial charge < -0.3 is 0 Å². The molecular weight excluding hydrogens is 683 g/mol. The smallest absolute Gasteiger partial charge is 0.164 e. The van der Waals surface area contributed by atoms with Crippen molar-refractivity contribution in [2.45, 2.75) is 0 Å². The lowest BCUT2D eigenvalue weighted by Crippen LogP contribution is -2.12. The van der Waals surface area contributed by atoms with Gasteiger partial charge in [0.15, 0.2) is 17.5 Å². The number of aromatic nitrogens is 4. The van der Waals surface area contributed by atoms with E-state index in [1.807, 2.05) is 60.7 Å². The van der Waals surface area contributed by atoms with E-state index in [-0.39, 0.29) is 0 Å². The van der Waals surface area contributed by atoms with Crippen molar-refractivity contribution < 1.29 is 0 Å². The molecule has 0 saturated heterocycles. The highest BCUT2D eigenvalue weighted by molar-refractivity contribution is 6.04. The van der Waals surface area contributed by atoms with E-state index in [4.69, 9.17) is 15.0 Å². The fraction of sp³-hybridized carbons (Fsp3) is 0. The van der Waals surface area contributed by atoms with Crippen LogP contribution in [0.4, 0.5) is 17.2 Å². The summed E-state index contributed by atoms with van der Waals surface area (Å²) in [7, 11) is 0. The Morgan fingerprint density at radius 3 is 1.38 bits per heavy atom. The Bertz CT molecular complexity index is 3000. The summed E-state index contributed by atoms with van der Waals surface area (Å²) < 4.78 is 2.43. The molecule has 1 aliphatic rings. The summed E-state index contributed by atoms with van der Waals surface area (Å²) in [5, 5.41) is 3.67. The molecule has 0 saturated carbocycles. The minimum absolute atomic E-state index is 0.642. The summed E-state index contributed by atoms with van der Waals surface area (Å²) in [5.41, 5.74) is 12.1. The Kier molecular flexibility index (Phi) is 7.42. The van der Waals surface area contributed by atoms with Gasteiger partial charge in [0.25, 0.3) is 0 Å². The Labute approximate surface area is 324 Å². The summed E-state index contributed by atoms with van der Waals surface area (Å²) in [6.45, 7) is 0. The van der Waals surface area contributed by atoms with Crippen molar-refractivity contribution in [3.05, 3.63) is 200 Å². The predicted octanol–water partition coefficient (Wildman–Crippen LogP) is 13.1. The maximum absolute atomic E-state index is 4.93. The lowest BCUT2D eigenvalue weighted by Gasteiger charge is -2.26. The van der Waals surface area contributed by atoms with E-state index in [2.05, 4.69) is 149 Å². The van der Waals surface area contributed by atoms with Crippen LogP contribution in [0, 0.1) is 0 Å². The van der Waals surface area contributed by atoms with Gasteiger partial charge in [0, 0.05) is 38.9 Å². The summed E-state index contributed by atoms with van der Waals surface area (Å²) in [5.74, 6) is 3.05. The van der Waals surface area contributed by atoms with Gasteiger partial charge in [-0.15, -0.1) is 0 Å². The highest BCUT2D eigenvalue weighted by Gasteiger charge is 2.28. The lowest BCUT2D eigenvalue weighted by atomic mass is 10.0. The number of hydrogen-bond acceptors (Lipinski definition) is 4. The van der Waals surface area contributed by atoms with Crippen molar-refractivity contribution in [2.75, 3.05) is 4.90 Å². The fourth-order valence-corrected chi connectivity index (χ4v) is 8.04. The van der Waals surface area contributed by atoms with Crippen molar-refractivity contribution in [1.82, 2.24) is 19.5 Å². The Morgan fingerprint density at radius 1 is 0.321 bits per heavy atom. The van der Waals surface area contributed by atoms with Gasteiger partial charge in [-0.3, -0.25) is 9.47 Å². The highest BCUT2D eigenvalue weighted by atomic mass is 15.3. The van der Waals surface area contributed by atoms with E-state index in [1.165, 1.54) is 38.5 Å². The molecule has 0 amide bonds. The molecule has 3 heterocycles. The zero-order valence-corrected chi connectivity index (χ0v) is 30.3. The predicted molar refractivity (Wildman–Crippen MR) is 230 cm³/mol. The van der Waals surface area contributed by atoms with Gasteiger partial charge in [0.2, 0.25) is 0 Å². The van der Waals surface area contributed by atoms with Crippen molar-refractivity contribution in [3.8, 4) is 62.1 Å². The van der Waals surface area contributed by atoms with Crippen LogP contribution in [0.1, 0.15) is 0 Å². The Hall–Kier alpha value is -7.63. The number of benzene rings is 8. The van der Waals surface area contributed by atoms with Gasteiger partial charge >= 0.3 is 0 Å². The maximum Gasteiger partial charge on any atom is 0.164 e. The molecule has 0 fully saturated rings. The molecule has 0 unspecified atom stereocenters. The summed E-state index contributed by atoms with van der Waals surface area (Å²) >= 11 is 0. The van der Waals surface area contributed by atoms with Gasteiger partial charge in [-0.1, -0.05) is 158 Å². The summed E-state index contributed by atoms with van der Waals surface area (Å²) in [6.07, 6.45) is 0. The number of hydrogen-bond donors (Lipinski definition) is 0. The van der Waals surface area contributed by atoms with Crippen molar-refractivity contribution in [2.24, 2.45) is 0 Å². The SMILES string of the molecule is c1ccc(-c2nc(-c3ccccc3)nc(-c3ccc(-c4ccc(N5c6ccccc6-c6ccccc6-n6c5cc5cc7ccccc7cc56)cc4)cc3)n2)cc1. The molecule has 10 aromatic rings. The molecule has 0 spiro atoms. The minimum atomic E-state index is 0.642. The molecule has 0 radical (unpaired) electrons. The number of rotatable bonds is 5. The average Bonchev–Trinajstić information content (AvgIpc) is 3.58. The molecule has 2 aromatic heterocycles. The van der Waals surface area contributed by atoms with Gasteiger partial charge in [-0.05, 0) is 64.4 Å². The summed E-state index contributed by atoms with van der Waals surface area (Å²) in [4.78, 5) is 17.1. The van der Waals surface area contributed by atoms with Gasteiger partial charge in [-0.25, -0.2) is 15.0 Å². The lowest BCUT2D eigenvalue weighted by molar-refractivity contribution is 1.07. The number of para-hydroxylation sites is 2. The first-order chi connectivity index (χ1) is 27.7. The molecule has 1 aliphatic heterocycles. The van der Waals surface area contributed by atoms with Crippen molar-refractivity contribution >= 4 is 38.9 Å². The standard InChI is InChI=1S/C51H33N5/c1-3-13-36(14-4-1)49-52-50(37-15-5-2-6-16-37)54-51(53-49)38-25-23-34(24-26-38)35-27-29-42(30-28-35)55-45-21-11-9-19-43(45)44-20-10-12-22-46(44)56-47-32-40-18-8-7-17-39(40)31-41(47)33-48(55)56/h1-33H. The van der Waals surface area contributed by atoms with E-state index in [1.54, 1.807) is 0 Å². The molecule has 11 rings (SSSR count). The van der Waals surface area contributed by atoms with Gasteiger partial charge in [-0.2, -0.15) is 0 Å². The first-order valence-corrected chi connectivity index (χ1v) is 18.9. The third kappa shape index (κ3) is 5.37. The van der Waals surface area contributed by atoms with E-state index >= 15 is 0 Å². The van der Waals surface area contributed by atoms with E-state index in [9.17, 15) is 0 Å². The molecule has 262 valence electrons. The highest BCUT2D eigenvalue weighted by Crippen LogP contribution is 2.49. The molecule has 0 atom stereocenters. The third-order valence-corrected chi connectivity index (χ3v) is 10.8. The Morgan fingerprint density at radius 2 is 0.768 bits per heavy atom. The van der Waals surface area contributed by atoms with Crippen LogP contribution in [-0.4, -0.2) is 19.5 Å². The van der Waals surface area contributed by atoms with Crippen LogP contribution in [0.5, 0.6) is 0 Å². The number of fused-ring (bicyclic) bond motifs is 8. The molecule has 8 aromatic carbocycles. The second-order valence-corrected chi connectivity index (χ2v) is 14.1. The van der Waals surface area contributed by atoms with Crippen LogP contribution in [0.15, 0.2) is 200 Å². The zero-order chi connectivity index (χ0) is 37.0. The minimum Gasteiger partial charge on any atom is -0.295 e.